The second kappa shape index (κ2) is 9.51. The van der Waals surface area contributed by atoms with Crippen LogP contribution in [0.15, 0.2) is 23.0 Å². The maximum Gasteiger partial charge on any atom is 0.317 e. The van der Waals surface area contributed by atoms with Crippen LogP contribution in [0.25, 0.3) is 0 Å². The van der Waals surface area contributed by atoms with E-state index in [0.29, 0.717) is 57.4 Å². The second-order valence-corrected chi connectivity index (χ2v) is 8.26. The summed E-state index contributed by atoms with van der Waals surface area (Å²) in [4.78, 5) is 29.3. The van der Waals surface area contributed by atoms with Gasteiger partial charge in [-0.05, 0) is 25.3 Å². The van der Waals surface area contributed by atoms with Gasteiger partial charge in [-0.3, -0.25) is 9.48 Å². The molecule has 0 radical (unpaired) electrons. The molecule has 4 heterocycles. The van der Waals surface area contributed by atoms with Gasteiger partial charge in [0.15, 0.2) is 11.5 Å². The number of hydrogen-bond donors (Lipinski definition) is 1. The third-order valence-electron chi connectivity index (χ3n) is 5.84. The van der Waals surface area contributed by atoms with E-state index in [2.05, 4.69) is 15.6 Å². The van der Waals surface area contributed by atoms with Crippen LogP contribution in [-0.4, -0.2) is 82.1 Å². The Hall–Kier alpha value is -2.88. The van der Waals surface area contributed by atoms with E-state index in [-0.39, 0.29) is 23.9 Å². The number of nitrogens with zero attached hydrogens (tertiary/aromatic N) is 5. The van der Waals surface area contributed by atoms with Crippen molar-refractivity contribution >= 4 is 11.9 Å². The molecule has 0 aromatic carbocycles. The molecule has 2 unspecified atom stereocenters. The third-order valence-corrected chi connectivity index (χ3v) is 5.84. The molecule has 10 nitrogen and oxygen atoms in total. The fraction of sp³-hybridized carbons (Fsp3) is 0.619. The molecule has 0 saturated carbocycles. The molecule has 31 heavy (non-hydrogen) atoms. The maximum atomic E-state index is 13.0. The number of rotatable bonds is 5. The molecule has 1 N–H and O–H groups in total. The van der Waals surface area contributed by atoms with Crippen molar-refractivity contribution in [3.8, 4) is 0 Å². The monoisotopic (exact) mass is 430 g/mol. The van der Waals surface area contributed by atoms with E-state index in [1.165, 1.54) is 0 Å². The Morgan fingerprint density at radius 2 is 2.19 bits per heavy atom. The predicted molar refractivity (Wildman–Crippen MR) is 112 cm³/mol. The molecule has 4 rings (SSSR count). The largest absolute Gasteiger partial charge is 0.379 e. The van der Waals surface area contributed by atoms with Crippen LogP contribution < -0.4 is 5.32 Å². The number of carbonyl (C=O) groups excluding carboxylic acids is 2. The molecule has 2 aliphatic rings. The highest BCUT2D eigenvalue weighted by Gasteiger charge is 2.39. The summed E-state index contributed by atoms with van der Waals surface area (Å²) in [5.41, 5.74) is 1.35. The van der Waals surface area contributed by atoms with Gasteiger partial charge in [-0.2, -0.15) is 5.10 Å². The molecule has 0 bridgehead atoms. The second-order valence-electron chi connectivity index (χ2n) is 8.26. The van der Waals surface area contributed by atoms with Crippen molar-refractivity contribution in [3.63, 3.8) is 0 Å². The summed E-state index contributed by atoms with van der Waals surface area (Å²) in [7, 11) is 0. The van der Waals surface area contributed by atoms with E-state index >= 15 is 0 Å². The summed E-state index contributed by atoms with van der Waals surface area (Å²) >= 11 is 0. The number of hydrogen-bond acceptors (Lipinski definition) is 6. The molecule has 168 valence electrons. The number of fused-ring (bicyclic) bond motifs is 1. The Bertz CT molecular complexity index is 909. The van der Waals surface area contributed by atoms with Gasteiger partial charge in [0.25, 0.3) is 5.91 Å². The first kappa shape index (κ1) is 21.4. The Morgan fingerprint density at radius 1 is 1.32 bits per heavy atom. The lowest BCUT2D eigenvalue weighted by Gasteiger charge is -2.41. The molecular weight excluding hydrogens is 400 g/mol. The highest BCUT2D eigenvalue weighted by Crippen LogP contribution is 2.26. The lowest BCUT2D eigenvalue weighted by atomic mass is 9.91. The number of aryl methyl sites for hydroxylation is 1. The van der Waals surface area contributed by atoms with Gasteiger partial charge in [-0.25, -0.2) is 4.79 Å². The Morgan fingerprint density at radius 3 is 2.97 bits per heavy atom. The van der Waals surface area contributed by atoms with Crippen molar-refractivity contribution in [2.45, 2.75) is 39.3 Å². The van der Waals surface area contributed by atoms with E-state index < -0.39 is 0 Å². The number of ether oxygens (including phenoxy) is 1. The lowest BCUT2D eigenvalue weighted by molar-refractivity contribution is 0.0424. The zero-order valence-corrected chi connectivity index (χ0v) is 18.1. The van der Waals surface area contributed by atoms with Crippen molar-refractivity contribution in [1.82, 2.24) is 30.1 Å². The standard InChI is InChI=1S/C21H30N6O4/c1-3-5-22-21(29)27-7-8-30-14-16-12-25(6-4-19(16)27)20(28)18-9-17(31-24-18)13-26-11-15(2)10-23-26/h9-11,16,19H,3-8,12-14H2,1-2H3,(H,22,29). The summed E-state index contributed by atoms with van der Waals surface area (Å²) in [6.45, 7) is 7.80. The van der Waals surface area contributed by atoms with Gasteiger partial charge in [0.2, 0.25) is 0 Å². The van der Waals surface area contributed by atoms with Crippen LogP contribution in [0, 0.1) is 12.8 Å². The first-order valence-electron chi connectivity index (χ1n) is 10.9. The van der Waals surface area contributed by atoms with Gasteiger partial charge in [-0.1, -0.05) is 12.1 Å². The fourth-order valence-corrected chi connectivity index (χ4v) is 4.29. The Balaban J connectivity index is 1.39. The number of nitrogens with one attached hydrogen (secondary N) is 1. The summed E-state index contributed by atoms with van der Waals surface area (Å²) in [5.74, 6) is 0.500. The van der Waals surface area contributed by atoms with E-state index in [9.17, 15) is 9.59 Å². The summed E-state index contributed by atoms with van der Waals surface area (Å²) < 4.78 is 12.9. The van der Waals surface area contributed by atoms with Crippen LogP contribution in [0.4, 0.5) is 4.79 Å². The zero-order valence-electron chi connectivity index (χ0n) is 18.1. The highest BCUT2D eigenvalue weighted by atomic mass is 16.5. The summed E-state index contributed by atoms with van der Waals surface area (Å²) in [6, 6.07) is 1.70. The van der Waals surface area contributed by atoms with Crippen molar-refractivity contribution in [2.24, 2.45) is 5.92 Å². The van der Waals surface area contributed by atoms with Gasteiger partial charge in [-0.15, -0.1) is 0 Å². The van der Waals surface area contributed by atoms with Crippen LogP contribution in [0.3, 0.4) is 0 Å². The van der Waals surface area contributed by atoms with Gasteiger partial charge >= 0.3 is 6.03 Å². The van der Waals surface area contributed by atoms with Gasteiger partial charge < -0.3 is 24.4 Å². The lowest BCUT2D eigenvalue weighted by Crippen LogP contribution is -2.56. The molecule has 2 saturated heterocycles. The minimum atomic E-state index is -0.156. The first-order valence-corrected chi connectivity index (χ1v) is 10.9. The van der Waals surface area contributed by atoms with Crippen molar-refractivity contribution < 1.29 is 18.8 Å². The molecule has 3 amide bonds. The topological polar surface area (TPSA) is 106 Å². The minimum Gasteiger partial charge on any atom is -0.379 e. The SMILES string of the molecule is CCCNC(=O)N1CCOCC2CN(C(=O)c3cc(Cn4cc(C)cn4)on3)CCC21. The zero-order chi connectivity index (χ0) is 21.8. The average molecular weight is 431 g/mol. The molecule has 2 aliphatic heterocycles. The molecule has 10 heteroatoms. The molecule has 0 aliphatic carbocycles. The van der Waals surface area contributed by atoms with Gasteiger partial charge in [0.1, 0.15) is 6.54 Å². The van der Waals surface area contributed by atoms with E-state index in [1.54, 1.807) is 21.8 Å². The smallest absolute Gasteiger partial charge is 0.317 e. The van der Waals surface area contributed by atoms with E-state index in [0.717, 1.165) is 18.4 Å². The van der Waals surface area contributed by atoms with Crippen LogP contribution in [0.2, 0.25) is 0 Å². The summed E-state index contributed by atoms with van der Waals surface area (Å²) in [6.07, 6.45) is 5.29. The summed E-state index contributed by atoms with van der Waals surface area (Å²) in [5, 5.41) is 11.2. The van der Waals surface area contributed by atoms with Crippen LogP contribution in [0.1, 0.15) is 41.6 Å². The van der Waals surface area contributed by atoms with Crippen molar-refractivity contribution in [2.75, 3.05) is 39.4 Å². The number of carbonyl (C=O) groups is 2. The molecule has 2 atom stereocenters. The van der Waals surface area contributed by atoms with Gasteiger partial charge in [0, 0.05) is 50.4 Å². The Labute approximate surface area is 181 Å². The first-order chi connectivity index (χ1) is 15.0. The fourth-order valence-electron chi connectivity index (χ4n) is 4.29. The van der Waals surface area contributed by atoms with Crippen LogP contribution >= 0.6 is 0 Å². The van der Waals surface area contributed by atoms with Crippen molar-refractivity contribution in [1.29, 1.82) is 0 Å². The number of piperidine rings is 1. The molecule has 2 aromatic heterocycles. The average Bonchev–Trinajstić information content (AvgIpc) is 3.34. The van der Waals surface area contributed by atoms with Gasteiger partial charge in [0.05, 0.1) is 19.4 Å². The molecule has 2 fully saturated rings. The normalized spacial score (nSPS) is 21.5. The molecule has 0 spiro atoms. The Kier molecular flexibility index (Phi) is 6.55. The van der Waals surface area contributed by atoms with Crippen molar-refractivity contribution in [3.05, 3.63) is 35.5 Å². The predicted octanol–water partition coefficient (Wildman–Crippen LogP) is 1.51. The van der Waals surface area contributed by atoms with Crippen LogP contribution in [-0.2, 0) is 11.3 Å². The number of urea groups is 1. The molecule has 2 aromatic rings. The minimum absolute atomic E-state index is 0.0443. The van der Waals surface area contributed by atoms with E-state index in [4.69, 9.17) is 9.26 Å². The van der Waals surface area contributed by atoms with Crippen LogP contribution in [0.5, 0.6) is 0 Å². The number of likely N-dealkylation sites (tertiary alicyclic amines) is 1. The van der Waals surface area contributed by atoms with E-state index in [1.807, 2.05) is 24.9 Å². The number of aromatic nitrogens is 3. The molecular formula is C21H30N6O4. The number of amides is 3. The quantitative estimate of drug-likeness (QED) is 0.771. The highest BCUT2D eigenvalue weighted by molar-refractivity contribution is 5.92. The third kappa shape index (κ3) is 4.90. The maximum absolute atomic E-state index is 13.0.